The number of aromatic nitrogens is 2. The summed E-state index contributed by atoms with van der Waals surface area (Å²) in [7, 11) is 0. The average molecular weight is 375 g/mol. The van der Waals surface area contributed by atoms with Crippen LogP contribution in [0.25, 0.3) is 0 Å². The number of nitrogens with one attached hydrogen (secondary N) is 1. The lowest BCUT2D eigenvalue weighted by Crippen LogP contribution is -2.50. The second kappa shape index (κ2) is 8.10. The second-order valence-electron chi connectivity index (χ2n) is 7.74. The quantitative estimate of drug-likeness (QED) is 0.847. The Morgan fingerprint density at radius 2 is 1.70 bits per heavy atom. The zero-order valence-electron chi connectivity index (χ0n) is 16.5. The molecule has 1 N–H and O–H groups in total. The molecule has 3 rings (SSSR count). The summed E-state index contributed by atoms with van der Waals surface area (Å²) in [4.78, 5) is 45.1. The van der Waals surface area contributed by atoms with Crippen LogP contribution < -0.4 is 5.32 Å². The van der Waals surface area contributed by atoms with Gasteiger partial charge in [-0.3, -0.25) is 14.4 Å². The molecular weight excluding hydrogens is 346 g/mol. The van der Waals surface area contributed by atoms with Gasteiger partial charge in [0.2, 0.25) is 5.91 Å². The van der Waals surface area contributed by atoms with E-state index in [-0.39, 0.29) is 17.7 Å². The molecule has 0 spiro atoms. The van der Waals surface area contributed by atoms with Crippen LogP contribution in [0.5, 0.6) is 0 Å². The number of fused-ring (bicyclic) bond motifs is 1. The molecule has 27 heavy (non-hydrogen) atoms. The summed E-state index contributed by atoms with van der Waals surface area (Å²) in [6.07, 6.45) is 2.74. The van der Waals surface area contributed by atoms with Crippen molar-refractivity contribution in [2.45, 2.75) is 46.6 Å². The molecule has 8 nitrogen and oxygen atoms in total. The predicted molar refractivity (Wildman–Crippen MR) is 100 cm³/mol. The van der Waals surface area contributed by atoms with Crippen LogP contribution in [-0.4, -0.2) is 69.8 Å². The minimum absolute atomic E-state index is 0.0329. The number of imidazole rings is 1. The van der Waals surface area contributed by atoms with Crippen molar-refractivity contribution in [2.75, 3.05) is 32.7 Å². The van der Waals surface area contributed by atoms with Crippen molar-refractivity contribution in [3.63, 3.8) is 0 Å². The number of nitrogens with zero attached hydrogens (tertiary/aromatic N) is 4. The molecule has 1 fully saturated rings. The highest BCUT2D eigenvalue weighted by Gasteiger charge is 2.31. The van der Waals surface area contributed by atoms with Gasteiger partial charge in [-0.05, 0) is 25.2 Å². The SMILES string of the molecule is CC(=O)N1CCN(C(=O)c2nc(C(=O)NCC(C)C)n3c2CCCC3)CC1. The van der Waals surface area contributed by atoms with Crippen LogP contribution >= 0.6 is 0 Å². The predicted octanol–water partition coefficient (Wildman–Crippen LogP) is 0.910. The molecule has 148 valence electrons. The molecule has 0 bridgehead atoms. The molecule has 2 aliphatic heterocycles. The van der Waals surface area contributed by atoms with Gasteiger partial charge < -0.3 is 19.7 Å². The van der Waals surface area contributed by atoms with Gasteiger partial charge in [-0.25, -0.2) is 4.98 Å². The molecule has 0 unspecified atom stereocenters. The maximum atomic E-state index is 13.1. The maximum absolute atomic E-state index is 13.1. The largest absolute Gasteiger partial charge is 0.349 e. The molecule has 0 atom stereocenters. The monoisotopic (exact) mass is 375 g/mol. The van der Waals surface area contributed by atoms with Gasteiger partial charge in [0, 0.05) is 46.2 Å². The molecule has 3 heterocycles. The molecule has 2 aliphatic rings. The number of carbonyl (C=O) groups excluding carboxylic acids is 3. The first-order valence-electron chi connectivity index (χ1n) is 9.81. The van der Waals surface area contributed by atoms with Gasteiger partial charge in [0.25, 0.3) is 11.8 Å². The van der Waals surface area contributed by atoms with Gasteiger partial charge in [-0.15, -0.1) is 0 Å². The zero-order valence-corrected chi connectivity index (χ0v) is 16.5. The van der Waals surface area contributed by atoms with Crippen molar-refractivity contribution in [3.05, 3.63) is 17.2 Å². The third-order valence-corrected chi connectivity index (χ3v) is 5.21. The third-order valence-electron chi connectivity index (χ3n) is 5.21. The van der Waals surface area contributed by atoms with Crippen molar-refractivity contribution in [3.8, 4) is 0 Å². The van der Waals surface area contributed by atoms with E-state index >= 15 is 0 Å². The van der Waals surface area contributed by atoms with E-state index in [4.69, 9.17) is 0 Å². The fourth-order valence-corrected chi connectivity index (χ4v) is 3.64. The maximum Gasteiger partial charge on any atom is 0.287 e. The Labute approximate surface area is 159 Å². The van der Waals surface area contributed by atoms with E-state index in [9.17, 15) is 14.4 Å². The first kappa shape index (κ1) is 19.4. The molecule has 0 saturated carbocycles. The smallest absolute Gasteiger partial charge is 0.287 e. The van der Waals surface area contributed by atoms with Crippen LogP contribution in [-0.2, 0) is 17.8 Å². The third kappa shape index (κ3) is 4.14. The number of amides is 3. The average Bonchev–Trinajstić information content (AvgIpc) is 3.05. The van der Waals surface area contributed by atoms with Crippen LogP contribution in [0.15, 0.2) is 0 Å². The standard InChI is InChI=1S/C19H29N5O3/c1-13(2)12-20-18(26)17-21-16(15-6-4-5-7-24(15)17)19(27)23-10-8-22(9-11-23)14(3)25/h13H,4-12H2,1-3H3,(H,20,26). The fraction of sp³-hybridized carbons (Fsp3) is 0.684. The Balaban J connectivity index is 1.80. The van der Waals surface area contributed by atoms with Crippen LogP contribution in [0.3, 0.4) is 0 Å². The van der Waals surface area contributed by atoms with E-state index in [1.54, 1.807) is 16.7 Å². The molecule has 0 aromatic carbocycles. The zero-order chi connectivity index (χ0) is 19.6. The van der Waals surface area contributed by atoms with Crippen molar-refractivity contribution in [1.29, 1.82) is 0 Å². The summed E-state index contributed by atoms with van der Waals surface area (Å²) in [5.41, 5.74) is 1.27. The number of piperazine rings is 1. The van der Waals surface area contributed by atoms with E-state index in [0.717, 1.165) is 31.5 Å². The van der Waals surface area contributed by atoms with E-state index in [2.05, 4.69) is 10.3 Å². The van der Waals surface area contributed by atoms with E-state index < -0.39 is 0 Å². The fourth-order valence-electron chi connectivity index (χ4n) is 3.64. The molecule has 8 heteroatoms. The Kier molecular flexibility index (Phi) is 5.82. The molecule has 0 aliphatic carbocycles. The number of carbonyl (C=O) groups is 3. The number of hydrogen-bond acceptors (Lipinski definition) is 4. The number of rotatable bonds is 4. The highest BCUT2D eigenvalue weighted by molar-refractivity contribution is 5.97. The molecule has 1 aromatic rings. The minimum Gasteiger partial charge on any atom is -0.349 e. The normalized spacial score (nSPS) is 17.0. The highest BCUT2D eigenvalue weighted by Crippen LogP contribution is 2.23. The minimum atomic E-state index is -0.215. The Morgan fingerprint density at radius 3 is 2.33 bits per heavy atom. The van der Waals surface area contributed by atoms with E-state index in [0.29, 0.717) is 50.2 Å². The van der Waals surface area contributed by atoms with Gasteiger partial charge in [-0.2, -0.15) is 0 Å². The van der Waals surface area contributed by atoms with Crippen LogP contribution in [0.1, 0.15) is 60.4 Å². The van der Waals surface area contributed by atoms with Gasteiger partial charge in [0.1, 0.15) is 5.69 Å². The summed E-state index contributed by atoms with van der Waals surface area (Å²) in [5, 5.41) is 2.91. The summed E-state index contributed by atoms with van der Waals surface area (Å²) in [6.45, 7) is 9.01. The molecule has 0 radical (unpaired) electrons. The molecule has 1 saturated heterocycles. The summed E-state index contributed by atoms with van der Waals surface area (Å²) >= 11 is 0. The first-order valence-corrected chi connectivity index (χ1v) is 9.81. The first-order chi connectivity index (χ1) is 12.9. The highest BCUT2D eigenvalue weighted by atomic mass is 16.2. The summed E-state index contributed by atoms with van der Waals surface area (Å²) < 4.78 is 1.91. The van der Waals surface area contributed by atoms with Crippen LogP contribution in [0, 0.1) is 5.92 Å². The van der Waals surface area contributed by atoms with Crippen LogP contribution in [0.2, 0.25) is 0 Å². The topological polar surface area (TPSA) is 87.5 Å². The lowest BCUT2D eigenvalue weighted by molar-refractivity contribution is -0.130. The lowest BCUT2D eigenvalue weighted by atomic mass is 10.1. The van der Waals surface area contributed by atoms with Crippen molar-refractivity contribution >= 4 is 17.7 Å². The lowest BCUT2D eigenvalue weighted by Gasteiger charge is -2.34. The van der Waals surface area contributed by atoms with Crippen molar-refractivity contribution in [1.82, 2.24) is 24.7 Å². The molecule has 1 aromatic heterocycles. The van der Waals surface area contributed by atoms with Crippen molar-refractivity contribution < 1.29 is 14.4 Å². The van der Waals surface area contributed by atoms with Gasteiger partial charge in [0.05, 0.1) is 5.69 Å². The van der Waals surface area contributed by atoms with Crippen molar-refractivity contribution in [2.24, 2.45) is 5.92 Å². The Morgan fingerprint density at radius 1 is 1.04 bits per heavy atom. The number of hydrogen-bond donors (Lipinski definition) is 1. The van der Waals surface area contributed by atoms with E-state index in [1.807, 2.05) is 18.4 Å². The van der Waals surface area contributed by atoms with Gasteiger partial charge >= 0.3 is 0 Å². The van der Waals surface area contributed by atoms with Crippen LogP contribution in [0.4, 0.5) is 0 Å². The summed E-state index contributed by atoms with van der Waals surface area (Å²) in [6, 6.07) is 0. The second-order valence-corrected chi connectivity index (χ2v) is 7.74. The molecule has 3 amide bonds. The Hall–Kier alpha value is -2.38. The summed E-state index contributed by atoms with van der Waals surface area (Å²) in [5.74, 6) is 0.379. The molecular formula is C19H29N5O3. The van der Waals surface area contributed by atoms with Gasteiger partial charge in [0.15, 0.2) is 5.82 Å². The van der Waals surface area contributed by atoms with E-state index in [1.165, 1.54) is 0 Å². The Bertz CT molecular complexity index is 732. The van der Waals surface area contributed by atoms with Gasteiger partial charge in [-0.1, -0.05) is 13.8 Å².